The fourth-order valence-electron chi connectivity index (χ4n) is 4.07. The monoisotopic (exact) mass is 457 g/mol. The third-order valence-electron chi connectivity index (χ3n) is 6.06. The minimum absolute atomic E-state index is 0.202. The molecule has 3 rings (SSSR count). The molecule has 6 heteroatoms. The Hall–Kier alpha value is -2.34. The lowest BCUT2D eigenvalue weighted by Gasteiger charge is -2.33. The number of carbonyl (C=O) groups excluding carboxylic acids is 2. The maximum absolute atomic E-state index is 13.1. The van der Waals surface area contributed by atoms with Crippen LogP contribution < -0.4 is 10.1 Å². The van der Waals surface area contributed by atoms with Crippen molar-refractivity contribution in [1.29, 1.82) is 0 Å². The molecule has 32 heavy (non-hydrogen) atoms. The number of benzene rings is 1. The van der Waals surface area contributed by atoms with Crippen LogP contribution in [0.4, 0.5) is 5.00 Å². The van der Waals surface area contributed by atoms with Gasteiger partial charge in [0.1, 0.15) is 10.8 Å². The second-order valence-corrected chi connectivity index (χ2v) is 10.5. The number of hydrogen-bond acceptors (Lipinski definition) is 5. The lowest BCUT2D eigenvalue weighted by molar-refractivity contribution is 0.0526. The maximum Gasteiger partial charge on any atom is 0.341 e. The standard InChI is InChI=1S/C26H35NO4S/c1-6-8-14-31-19-11-9-10-17(15-19)23(28)27-24-22(25(29)30-7-2)20-13-12-18(26(3,4)5)16-21(20)32-24/h9-11,15,18H,6-8,12-14,16H2,1-5H3,(H,27,28). The normalized spacial score (nSPS) is 15.7. The molecule has 1 aliphatic carbocycles. The molecule has 1 aromatic heterocycles. The maximum atomic E-state index is 13.1. The Kier molecular flexibility index (Phi) is 7.99. The Morgan fingerprint density at radius 3 is 2.69 bits per heavy atom. The first kappa shape index (κ1) is 24.3. The molecule has 0 bridgehead atoms. The molecule has 1 heterocycles. The highest BCUT2D eigenvalue weighted by atomic mass is 32.1. The summed E-state index contributed by atoms with van der Waals surface area (Å²) in [6.07, 6.45) is 4.81. The second kappa shape index (κ2) is 10.5. The predicted octanol–water partition coefficient (Wildman–Crippen LogP) is 6.51. The summed E-state index contributed by atoms with van der Waals surface area (Å²) in [5, 5.41) is 3.58. The number of carbonyl (C=O) groups is 2. The summed E-state index contributed by atoms with van der Waals surface area (Å²) < 4.78 is 11.1. The van der Waals surface area contributed by atoms with Gasteiger partial charge in [0.2, 0.25) is 0 Å². The summed E-state index contributed by atoms with van der Waals surface area (Å²) in [7, 11) is 0. The summed E-state index contributed by atoms with van der Waals surface area (Å²) >= 11 is 1.52. The van der Waals surface area contributed by atoms with Gasteiger partial charge in [0.05, 0.1) is 18.8 Å². The molecule has 0 aliphatic heterocycles. The Morgan fingerprint density at radius 1 is 1.22 bits per heavy atom. The van der Waals surface area contributed by atoms with E-state index in [4.69, 9.17) is 9.47 Å². The molecule has 1 amide bonds. The molecule has 0 spiro atoms. The van der Waals surface area contributed by atoms with Crippen LogP contribution in [0.2, 0.25) is 0 Å². The van der Waals surface area contributed by atoms with E-state index in [2.05, 4.69) is 33.0 Å². The third-order valence-corrected chi connectivity index (χ3v) is 7.23. The Morgan fingerprint density at radius 2 is 2.00 bits per heavy atom. The van der Waals surface area contributed by atoms with Crippen LogP contribution in [0.25, 0.3) is 0 Å². The van der Waals surface area contributed by atoms with Crippen LogP contribution in [0.1, 0.15) is 85.0 Å². The average molecular weight is 458 g/mol. The SMILES string of the molecule is CCCCOc1cccc(C(=O)Nc2sc3c(c2C(=O)OCC)CCC(C(C)(C)C)C3)c1. The Balaban J connectivity index is 1.86. The topological polar surface area (TPSA) is 64.6 Å². The molecule has 174 valence electrons. The number of esters is 1. The van der Waals surface area contributed by atoms with Crippen molar-refractivity contribution in [3.63, 3.8) is 0 Å². The van der Waals surface area contributed by atoms with E-state index in [0.717, 1.165) is 37.7 Å². The van der Waals surface area contributed by atoms with Gasteiger partial charge in [0.25, 0.3) is 5.91 Å². The van der Waals surface area contributed by atoms with Gasteiger partial charge in [-0.3, -0.25) is 4.79 Å². The van der Waals surface area contributed by atoms with E-state index in [-0.39, 0.29) is 17.3 Å². The van der Waals surface area contributed by atoms with Crippen LogP contribution >= 0.6 is 11.3 Å². The van der Waals surface area contributed by atoms with Gasteiger partial charge in [-0.25, -0.2) is 4.79 Å². The first-order chi connectivity index (χ1) is 15.2. The summed E-state index contributed by atoms with van der Waals surface area (Å²) in [6, 6.07) is 7.18. The van der Waals surface area contributed by atoms with Gasteiger partial charge in [-0.15, -0.1) is 11.3 Å². The quantitative estimate of drug-likeness (QED) is 0.363. The van der Waals surface area contributed by atoms with Gasteiger partial charge in [-0.05, 0) is 67.7 Å². The van der Waals surface area contributed by atoms with Gasteiger partial charge in [0, 0.05) is 10.4 Å². The predicted molar refractivity (Wildman–Crippen MR) is 130 cm³/mol. The van der Waals surface area contributed by atoms with Crippen LogP contribution in [-0.2, 0) is 17.6 Å². The van der Waals surface area contributed by atoms with Crippen LogP contribution in [0, 0.1) is 11.3 Å². The van der Waals surface area contributed by atoms with Gasteiger partial charge >= 0.3 is 5.97 Å². The zero-order chi connectivity index (χ0) is 23.3. The van der Waals surface area contributed by atoms with Crippen molar-refractivity contribution in [2.24, 2.45) is 11.3 Å². The number of rotatable bonds is 8. The van der Waals surface area contributed by atoms with Crippen LogP contribution in [0.5, 0.6) is 5.75 Å². The molecule has 0 radical (unpaired) electrons. The highest BCUT2D eigenvalue weighted by Crippen LogP contribution is 2.44. The first-order valence-electron chi connectivity index (χ1n) is 11.6. The number of thiophene rings is 1. The zero-order valence-corrected chi connectivity index (χ0v) is 20.7. The van der Waals surface area contributed by atoms with Crippen molar-refractivity contribution < 1.29 is 19.1 Å². The summed E-state index contributed by atoms with van der Waals surface area (Å²) in [5.41, 5.74) is 2.28. The van der Waals surface area contributed by atoms with Crippen molar-refractivity contribution in [2.75, 3.05) is 18.5 Å². The number of unbranched alkanes of at least 4 members (excludes halogenated alkanes) is 1. The molecule has 1 atom stereocenters. The number of ether oxygens (including phenoxy) is 2. The van der Waals surface area contributed by atoms with E-state index in [9.17, 15) is 9.59 Å². The van der Waals surface area contributed by atoms with Gasteiger partial charge in [-0.2, -0.15) is 0 Å². The lowest BCUT2D eigenvalue weighted by atomic mass is 9.72. The fraction of sp³-hybridized carbons (Fsp3) is 0.538. The lowest BCUT2D eigenvalue weighted by Crippen LogP contribution is -2.26. The molecule has 1 aromatic carbocycles. The minimum atomic E-state index is -0.355. The van der Waals surface area contributed by atoms with Gasteiger partial charge < -0.3 is 14.8 Å². The number of amides is 1. The van der Waals surface area contributed by atoms with E-state index < -0.39 is 0 Å². The molecule has 1 unspecified atom stereocenters. The first-order valence-corrected chi connectivity index (χ1v) is 12.4. The van der Waals surface area contributed by atoms with Gasteiger partial charge in [0.15, 0.2) is 0 Å². The van der Waals surface area contributed by atoms with Crippen molar-refractivity contribution in [3.8, 4) is 5.75 Å². The fourth-order valence-corrected chi connectivity index (χ4v) is 5.38. The van der Waals surface area contributed by atoms with E-state index in [1.54, 1.807) is 19.1 Å². The number of nitrogens with one attached hydrogen (secondary N) is 1. The highest BCUT2D eigenvalue weighted by Gasteiger charge is 2.34. The van der Waals surface area contributed by atoms with E-state index >= 15 is 0 Å². The molecule has 1 aliphatic rings. The molecule has 2 aromatic rings. The Bertz CT molecular complexity index is 957. The van der Waals surface area contributed by atoms with Crippen LogP contribution in [-0.4, -0.2) is 25.1 Å². The van der Waals surface area contributed by atoms with Gasteiger partial charge in [-0.1, -0.05) is 40.2 Å². The van der Waals surface area contributed by atoms with Crippen molar-refractivity contribution >= 4 is 28.2 Å². The third kappa shape index (κ3) is 5.71. The highest BCUT2D eigenvalue weighted by molar-refractivity contribution is 7.17. The molecule has 1 N–H and O–H groups in total. The number of anilines is 1. The van der Waals surface area contributed by atoms with E-state index in [1.165, 1.54) is 16.2 Å². The second-order valence-electron chi connectivity index (χ2n) is 9.42. The molecular formula is C26H35NO4S. The molecule has 5 nitrogen and oxygen atoms in total. The number of hydrogen-bond donors (Lipinski definition) is 1. The average Bonchev–Trinajstić information content (AvgIpc) is 3.10. The summed E-state index contributed by atoms with van der Waals surface area (Å²) in [6.45, 7) is 11.6. The van der Waals surface area contributed by atoms with E-state index in [0.29, 0.717) is 41.0 Å². The largest absolute Gasteiger partial charge is 0.494 e. The summed E-state index contributed by atoms with van der Waals surface area (Å²) in [5.74, 6) is 0.619. The van der Waals surface area contributed by atoms with Crippen molar-refractivity contribution in [3.05, 3.63) is 45.8 Å². The van der Waals surface area contributed by atoms with Crippen LogP contribution in [0.15, 0.2) is 24.3 Å². The Labute approximate surface area is 195 Å². The summed E-state index contributed by atoms with van der Waals surface area (Å²) in [4.78, 5) is 27.0. The number of fused-ring (bicyclic) bond motifs is 1. The smallest absolute Gasteiger partial charge is 0.341 e. The minimum Gasteiger partial charge on any atom is -0.494 e. The van der Waals surface area contributed by atoms with Crippen LogP contribution in [0.3, 0.4) is 0 Å². The zero-order valence-electron chi connectivity index (χ0n) is 19.9. The molecular weight excluding hydrogens is 422 g/mol. The van der Waals surface area contributed by atoms with Crippen molar-refractivity contribution in [2.45, 2.75) is 66.7 Å². The van der Waals surface area contributed by atoms with Crippen molar-refractivity contribution in [1.82, 2.24) is 0 Å². The molecule has 0 saturated heterocycles. The molecule has 0 saturated carbocycles. The van der Waals surface area contributed by atoms with E-state index in [1.807, 2.05) is 12.1 Å². The molecule has 0 fully saturated rings.